The molecule has 0 fully saturated rings. The van der Waals surface area contributed by atoms with Crippen molar-refractivity contribution in [1.29, 1.82) is 0 Å². The molecule has 2 N–H and O–H groups in total. The van der Waals surface area contributed by atoms with E-state index in [1.54, 1.807) is 19.2 Å². The number of carboxylic acid groups (broad SMARTS) is 1. The van der Waals surface area contributed by atoms with Crippen molar-refractivity contribution in [2.75, 3.05) is 7.11 Å². The van der Waals surface area contributed by atoms with Gasteiger partial charge in [-0.3, -0.25) is 4.79 Å². The van der Waals surface area contributed by atoms with Gasteiger partial charge in [-0.1, -0.05) is 55.8 Å². The molecular formula is C20H24ClNO4. The van der Waals surface area contributed by atoms with E-state index < -0.39 is 12.0 Å². The van der Waals surface area contributed by atoms with Crippen molar-refractivity contribution in [1.82, 2.24) is 5.32 Å². The number of benzene rings is 2. The summed E-state index contributed by atoms with van der Waals surface area (Å²) in [6, 6.07) is 12.7. The van der Waals surface area contributed by atoms with Gasteiger partial charge in [-0.15, -0.1) is 0 Å². The van der Waals surface area contributed by atoms with Gasteiger partial charge >= 0.3 is 5.97 Å². The molecular weight excluding hydrogens is 354 g/mol. The summed E-state index contributed by atoms with van der Waals surface area (Å²) < 4.78 is 11.2. The van der Waals surface area contributed by atoms with Crippen LogP contribution in [0.15, 0.2) is 42.5 Å². The first kappa shape index (κ1) is 20.1. The summed E-state index contributed by atoms with van der Waals surface area (Å²) in [5, 5.41) is 12.7. The van der Waals surface area contributed by atoms with E-state index in [0.717, 1.165) is 11.1 Å². The number of halogens is 1. The molecule has 1 unspecified atom stereocenters. The molecule has 0 saturated carbocycles. The van der Waals surface area contributed by atoms with Crippen LogP contribution in [0.4, 0.5) is 0 Å². The van der Waals surface area contributed by atoms with Gasteiger partial charge < -0.3 is 19.9 Å². The lowest BCUT2D eigenvalue weighted by molar-refractivity contribution is -0.140. The fourth-order valence-electron chi connectivity index (χ4n) is 2.58. The van der Waals surface area contributed by atoms with Gasteiger partial charge in [0.15, 0.2) is 11.5 Å². The predicted molar refractivity (Wildman–Crippen MR) is 102 cm³/mol. The van der Waals surface area contributed by atoms with Gasteiger partial charge in [0.05, 0.1) is 12.1 Å². The molecule has 6 heteroatoms. The van der Waals surface area contributed by atoms with E-state index >= 15 is 0 Å². The molecule has 5 nitrogen and oxygen atoms in total. The Kier molecular flexibility index (Phi) is 7.30. The summed E-state index contributed by atoms with van der Waals surface area (Å²) in [6.45, 7) is 4.47. The lowest BCUT2D eigenvalue weighted by atomic mass is 10.0. The smallest absolute Gasteiger partial charge is 0.320 e. The van der Waals surface area contributed by atoms with Crippen LogP contribution in [0.1, 0.15) is 25.0 Å². The molecule has 0 aliphatic rings. The topological polar surface area (TPSA) is 67.8 Å². The van der Waals surface area contributed by atoms with E-state index in [4.69, 9.17) is 21.1 Å². The van der Waals surface area contributed by atoms with Gasteiger partial charge in [-0.05, 0) is 29.2 Å². The fourth-order valence-corrected chi connectivity index (χ4v) is 2.87. The van der Waals surface area contributed by atoms with Crippen LogP contribution in [0, 0.1) is 5.92 Å². The number of methoxy groups -OCH3 is 1. The zero-order chi connectivity index (χ0) is 19.1. The number of hydrogen-bond acceptors (Lipinski definition) is 4. The molecule has 0 aliphatic heterocycles. The summed E-state index contributed by atoms with van der Waals surface area (Å²) in [5.41, 5.74) is 1.85. The van der Waals surface area contributed by atoms with Crippen molar-refractivity contribution < 1.29 is 19.4 Å². The van der Waals surface area contributed by atoms with Crippen molar-refractivity contribution in [3.63, 3.8) is 0 Å². The maximum atomic E-state index is 11.3. The van der Waals surface area contributed by atoms with Gasteiger partial charge in [0.25, 0.3) is 0 Å². The molecule has 0 saturated heterocycles. The Hall–Kier alpha value is -2.24. The maximum Gasteiger partial charge on any atom is 0.320 e. The molecule has 0 heterocycles. The number of carboxylic acids is 1. The molecule has 0 radical (unpaired) electrons. The number of aliphatic carboxylic acids is 1. The predicted octanol–water partition coefficient (Wildman–Crippen LogP) is 4.13. The largest absolute Gasteiger partial charge is 0.493 e. The van der Waals surface area contributed by atoms with Crippen LogP contribution in [-0.4, -0.2) is 24.2 Å². The van der Waals surface area contributed by atoms with Crippen molar-refractivity contribution in [3.8, 4) is 11.5 Å². The van der Waals surface area contributed by atoms with E-state index in [-0.39, 0.29) is 5.92 Å². The highest BCUT2D eigenvalue weighted by Gasteiger charge is 2.21. The summed E-state index contributed by atoms with van der Waals surface area (Å²) in [6.07, 6.45) is 0. The van der Waals surface area contributed by atoms with Crippen LogP contribution in [0.3, 0.4) is 0 Å². The second-order valence-corrected chi connectivity index (χ2v) is 6.73. The maximum absolute atomic E-state index is 11.3. The lowest BCUT2D eigenvalue weighted by Crippen LogP contribution is -2.40. The van der Waals surface area contributed by atoms with Crippen molar-refractivity contribution >= 4 is 17.6 Å². The molecule has 26 heavy (non-hydrogen) atoms. The molecule has 140 valence electrons. The fraction of sp³-hybridized carbons (Fsp3) is 0.350. The van der Waals surface area contributed by atoms with E-state index in [2.05, 4.69) is 5.32 Å². The van der Waals surface area contributed by atoms with E-state index in [1.165, 1.54) is 0 Å². The van der Waals surface area contributed by atoms with Gasteiger partial charge in [0.1, 0.15) is 12.6 Å². The minimum atomic E-state index is -0.874. The SMILES string of the molecule is COc1cc(CNC(C(=O)O)C(C)C)cc(Cl)c1OCc1ccccc1. The first-order valence-corrected chi connectivity index (χ1v) is 8.79. The van der Waals surface area contributed by atoms with Gasteiger partial charge in [0, 0.05) is 6.54 Å². The third-order valence-corrected chi connectivity index (χ3v) is 4.25. The van der Waals surface area contributed by atoms with Crippen molar-refractivity contribution in [3.05, 3.63) is 58.6 Å². The molecule has 0 spiro atoms. The van der Waals surface area contributed by atoms with Crippen molar-refractivity contribution in [2.24, 2.45) is 5.92 Å². The van der Waals surface area contributed by atoms with Gasteiger partial charge in [-0.25, -0.2) is 0 Å². The average molecular weight is 378 g/mol. The Bertz CT molecular complexity index is 734. The Morgan fingerprint density at radius 3 is 2.46 bits per heavy atom. The third kappa shape index (κ3) is 5.38. The summed E-state index contributed by atoms with van der Waals surface area (Å²) in [5.74, 6) is 0.0845. The van der Waals surface area contributed by atoms with Crippen LogP contribution in [0.5, 0.6) is 11.5 Å². The van der Waals surface area contributed by atoms with E-state index in [9.17, 15) is 9.90 Å². The first-order chi connectivity index (χ1) is 12.4. The molecule has 1 atom stereocenters. The zero-order valence-corrected chi connectivity index (χ0v) is 15.9. The highest BCUT2D eigenvalue weighted by molar-refractivity contribution is 6.32. The molecule has 2 aromatic rings. The minimum Gasteiger partial charge on any atom is -0.493 e. The minimum absolute atomic E-state index is 0.0293. The second kappa shape index (κ2) is 9.46. The van der Waals surface area contributed by atoms with Crippen LogP contribution in [0.25, 0.3) is 0 Å². The number of hydrogen-bond donors (Lipinski definition) is 2. The third-order valence-electron chi connectivity index (χ3n) is 3.97. The van der Waals surface area contributed by atoms with Gasteiger partial charge in [-0.2, -0.15) is 0 Å². The number of ether oxygens (including phenoxy) is 2. The molecule has 2 aromatic carbocycles. The standard InChI is InChI=1S/C20H24ClNO4/c1-13(2)18(20(23)24)22-11-15-9-16(21)19(17(10-15)25-3)26-12-14-7-5-4-6-8-14/h4-10,13,18,22H,11-12H2,1-3H3,(H,23,24). The summed E-state index contributed by atoms with van der Waals surface area (Å²) in [7, 11) is 1.55. The number of rotatable bonds is 9. The molecule has 0 bridgehead atoms. The zero-order valence-electron chi connectivity index (χ0n) is 15.2. The Morgan fingerprint density at radius 1 is 1.19 bits per heavy atom. The van der Waals surface area contributed by atoms with Crippen LogP contribution >= 0.6 is 11.6 Å². The Labute approximate surface area is 158 Å². The molecule has 0 amide bonds. The normalized spacial score (nSPS) is 12.0. The van der Waals surface area contributed by atoms with Gasteiger partial charge in [0.2, 0.25) is 0 Å². The summed E-state index contributed by atoms with van der Waals surface area (Å²) >= 11 is 6.37. The van der Waals surface area contributed by atoms with Crippen LogP contribution in [0.2, 0.25) is 5.02 Å². The number of nitrogens with one attached hydrogen (secondary N) is 1. The first-order valence-electron chi connectivity index (χ1n) is 8.41. The molecule has 0 aliphatic carbocycles. The Balaban J connectivity index is 2.11. The highest BCUT2D eigenvalue weighted by Crippen LogP contribution is 2.37. The monoisotopic (exact) mass is 377 g/mol. The average Bonchev–Trinajstić information content (AvgIpc) is 2.60. The second-order valence-electron chi connectivity index (χ2n) is 6.32. The molecule has 0 aromatic heterocycles. The quantitative estimate of drug-likeness (QED) is 0.687. The molecule has 2 rings (SSSR count). The van der Waals surface area contributed by atoms with E-state index in [0.29, 0.717) is 29.7 Å². The van der Waals surface area contributed by atoms with Crippen molar-refractivity contribution in [2.45, 2.75) is 33.0 Å². The highest BCUT2D eigenvalue weighted by atomic mass is 35.5. The Morgan fingerprint density at radius 2 is 1.88 bits per heavy atom. The number of carbonyl (C=O) groups is 1. The summed E-state index contributed by atoms with van der Waals surface area (Å²) in [4.78, 5) is 11.3. The van der Waals surface area contributed by atoms with Crippen LogP contribution < -0.4 is 14.8 Å². The lowest BCUT2D eigenvalue weighted by Gasteiger charge is -2.19. The van der Waals surface area contributed by atoms with E-state index in [1.807, 2.05) is 44.2 Å². The van der Waals surface area contributed by atoms with Crippen LogP contribution in [-0.2, 0) is 17.9 Å².